The van der Waals surface area contributed by atoms with Crippen LogP contribution in [0.3, 0.4) is 0 Å². The first-order valence-corrected chi connectivity index (χ1v) is 6.67. The van der Waals surface area contributed by atoms with E-state index in [-0.39, 0.29) is 12.5 Å². The Balaban J connectivity index is 2.28. The lowest BCUT2D eigenvalue weighted by Crippen LogP contribution is -2.52. The first-order chi connectivity index (χ1) is 8.99. The summed E-state index contributed by atoms with van der Waals surface area (Å²) in [6.07, 6.45) is 0. The third kappa shape index (κ3) is 3.13. The molecular weight excluding hydrogens is 314 g/mol. The Morgan fingerprint density at radius 3 is 2.79 bits per heavy atom. The fraction of sp³-hybridized carbons (Fsp3) is 0.385. The first kappa shape index (κ1) is 14.0. The number of ether oxygens (including phenoxy) is 1. The normalized spacial score (nSPS) is 19.3. The van der Waals surface area contributed by atoms with E-state index in [1.807, 2.05) is 13.0 Å². The van der Waals surface area contributed by atoms with Crippen LogP contribution in [0.15, 0.2) is 22.7 Å². The molecular formula is C13H14BrNO4. The molecule has 1 heterocycles. The molecule has 1 atom stereocenters. The van der Waals surface area contributed by atoms with Gasteiger partial charge in [0.2, 0.25) is 0 Å². The number of aryl methyl sites for hydroxylation is 1. The summed E-state index contributed by atoms with van der Waals surface area (Å²) in [5, 5.41) is 9.13. The standard InChI is InChI=1S/C13H14BrNO4/c1-8-4-9(6-10(14)5-8)12(16)15-2-3-19-7-11(15)13(17)18/h4-6,11H,2-3,7H2,1H3,(H,17,18). The minimum absolute atomic E-state index is 0.0358. The number of halogens is 1. The molecule has 19 heavy (non-hydrogen) atoms. The molecule has 102 valence electrons. The molecule has 0 spiro atoms. The van der Waals surface area contributed by atoms with Crippen molar-refractivity contribution < 1.29 is 19.4 Å². The number of benzene rings is 1. The minimum atomic E-state index is -1.04. The average molecular weight is 328 g/mol. The number of nitrogens with zero attached hydrogens (tertiary/aromatic N) is 1. The molecule has 0 saturated carbocycles. The number of rotatable bonds is 2. The van der Waals surface area contributed by atoms with E-state index in [1.165, 1.54) is 4.90 Å². The van der Waals surface area contributed by atoms with Gasteiger partial charge in [-0.15, -0.1) is 0 Å². The zero-order valence-electron chi connectivity index (χ0n) is 10.4. The Morgan fingerprint density at radius 1 is 1.42 bits per heavy atom. The zero-order valence-corrected chi connectivity index (χ0v) is 12.0. The van der Waals surface area contributed by atoms with E-state index in [9.17, 15) is 9.59 Å². The maximum Gasteiger partial charge on any atom is 0.328 e. The molecule has 1 aliphatic heterocycles. The number of carboxylic acid groups (broad SMARTS) is 1. The fourth-order valence-corrected chi connectivity index (χ4v) is 2.68. The van der Waals surface area contributed by atoms with E-state index in [1.54, 1.807) is 12.1 Å². The number of morpholine rings is 1. The highest BCUT2D eigenvalue weighted by Crippen LogP contribution is 2.19. The second-order valence-corrected chi connectivity index (χ2v) is 5.36. The van der Waals surface area contributed by atoms with Gasteiger partial charge in [-0.2, -0.15) is 0 Å². The van der Waals surface area contributed by atoms with E-state index >= 15 is 0 Å². The molecule has 2 rings (SSSR count). The number of carbonyl (C=O) groups is 2. The summed E-state index contributed by atoms with van der Waals surface area (Å²) in [6.45, 7) is 2.58. The number of hydrogen-bond acceptors (Lipinski definition) is 3. The number of carboxylic acids is 1. The van der Waals surface area contributed by atoms with Gasteiger partial charge >= 0.3 is 5.97 Å². The lowest BCUT2D eigenvalue weighted by Gasteiger charge is -2.33. The smallest absolute Gasteiger partial charge is 0.328 e. The van der Waals surface area contributed by atoms with Crippen LogP contribution in [-0.2, 0) is 9.53 Å². The van der Waals surface area contributed by atoms with Crippen LogP contribution < -0.4 is 0 Å². The van der Waals surface area contributed by atoms with Crippen LogP contribution >= 0.6 is 15.9 Å². The molecule has 6 heteroatoms. The SMILES string of the molecule is Cc1cc(Br)cc(C(=O)N2CCOCC2C(=O)O)c1. The Kier molecular flexibility index (Phi) is 4.21. The summed E-state index contributed by atoms with van der Waals surface area (Å²) in [5.74, 6) is -1.32. The van der Waals surface area contributed by atoms with Crippen molar-refractivity contribution in [3.05, 3.63) is 33.8 Å². The van der Waals surface area contributed by atoms with E-state index in [0.29, 0.717) is 18.7 Å². The minimum Gasteiger partial charge on any atom is -0.480 e. The van der Waals surface area contributed by atoms with E-state index in [0.717, 1.165) is 10.0 Å². The van der Waals surface area contributed by atoms with Crippen LogP contribution in [-0.4, -0.2) is 47.7 Å². The van der Waals surface area contributed by atoms with Crippen LogP contribution in [0.25, 0.3) is 0 Å². The number of carbonyl (C=O) groups excluding carboxylic acids is 1. The van der Waals surface area contributed by atoms with Gasteiger partial charge in [0.1, 0.15) is 0 Å². The molecule has 0 aliphatic carbocycles. The number of hydrogen-bond donors (Lipinski definition) is 1. The van der Waals surface area contributed by atoms with E-state index < -0.39 is 12.0 Å². The van der Waals surface area contributed by atoms with Crippen LogP contribution in [0.2, 0.25) is 0 Å². The second-order valence-electron chi connectivity index (χ2n) is 4.44. The third-order valence-corrected chi connectivity index (χ3v) is 3.42. The molecule has 1 aromatic rings. The summed E-state index contributed by atoms with van der Waals surface area (Å²) in [5.41, 5.74) is 1.43. The van der Waals surface area contributed by atoms with Gasteiger partial charge in [-0.1, -0.05) is 15.9 Å². The van der Waals surface area contributed by atoms with Crippen molar-refractivity contribution in [3.63, 3.8) is 0 Å². The molecule has 1 aromatic carbocycles. The summed E-state index contributed by atoms with van der Waals surface area (Å²) in [4.78, 5) is 24.9. The highest BCUT2D eigenvalue weighted by molar-refractivity contribution is 9.10. The monoisotopic (exact) mass is 327 g/mol. The van der Waals surface area contributed by atoms with Crippen LogP contribution in [0, 0.1) is 6.92 Å². The highest BCUT2D eigenvalue weighted by Gasteiger charge is 2.33. The lowest BCUT2D eigenvalue weighted by atomic mass is 10.1. The van der Waals surface area contributed by atoms with E-state index in [4.69, 9.17) is 9.84 Å². The van der Waals surface area contributed by atoms with Gasteiger partial charge in [0.05, 0.1) is 13.2 Å². The molecule has 1 unspecified atom stereocenters. The van der Waals surface area contributed by atoms with Gasteiger partial charge in [0.25, 0.3) is 5.91 Å². The van der Waals surface area contributed by atoms with Gasteiger partial charge < -0.3 is 14.7 Å². The van der Waals surface area contributed by atoms with Crippen molar-refractivity contribution in [2.24, 2.45) is 0 Å². The molecule has 5 nitrogen and oxygen atoms in total. The van der Waals surface area contributed by atoms with Crippen LogP contribution in [0.4, 0.5) is 0 Å². The third-order valence-electron chi connectivity index (χ3n) is 2.96. The van der Waals surface area contributed by atoms with Gasteiger partial charge in [0.15, 0.2) is 6.04 Å². The van der Waals surface area contributed by atoms with Crippen molar-refractivity contribution in [2.75, 3.05) is 19.8 Å². The molecule has 0 bridgehead atoms. The molecule has 1 saturated heterocycles. The molecule has 1 amide bonds. The van der Waals surface area contributed by atoms with Gasteiger partial charge in [-0.3, -0.25) is 4.79 Å². The summed E-state index contributed by atoms with van der Waals surface area (Å²) >= 11 is 3.34. The topological polar surface area (TPSA) is 66.8 Å². The Labute approximate surface area is 119 Å². The van der Waals surface area contributed by atoms with Crippen LogP contribution in [0.5, 0.6) is 0 Å². The second kappa shape index (κ2) is 5.71. The maximum atomic E-state index is 12.4. The Morgan fingerprint density at radius 2 is 2.16 bits per heavy atom. The summed E-state index contributed by atoms with van der Waals surface area (Å²) in [6, 6.07) is 4.43. The molecule has 1 aliphatic rings. The van der Waals surface area contributed by atoms with E-state index in [2.05, 4.69) is 15.9 Å². The Bertz CT molecular complexity index is 497. The van der Waals surface area contributed by atoms with Crippen molar-refractivity contribution in [1.82, 2.24) is 4.90 Å². The molecule has 1 fully saturated rings. The van der Waals surface area contributed by atoms with Crippen molar-refractivity contribution in [1.29, 1.82) is 0 Å². The van der Waals surface area contributed by atoms with Gasteiger partial charge in [0, 0.05) is 16.6 Å². The largest absolute Gasteiger partial charge is 0.480 e. The fourth-order valence-electron chi connectivity index (χ4n) is 2.08. The zero-order chi connectivity index (χ0) is 14.0. The number of amides is 1. The summed E-state index contributed by atoms with van der Waals surface area (Å²) in [7, 11) is 0. The summed E-state index contributed by atoms with van der Waals surface area (Å²) < 4.78 is 5.92. The lowest BCUT2D eigenvalue weighted by molar-refractivity contribution is -0.147. The predicted octanol–water partition coefficient (Wildman–Crippen LogP) is 1.68. The van der Waals surface area contributed by atoms with Gasteiger partial charge in [-0.05, 0) is 30.7 Å². The Hall–Kier alpha value is -1.40. The van der Waals surface area contributed by atoms with Crippen molar-refractivity contribution in [3.8, 4) is 0 Å². The average Bonchev–Trinajstić information content (AvgIpc) is 2.36. The van der Waals surface area contributed by atoms with Crippen molar-refractivity contribution in [2.45, 2.75) is 13.0 Å². The number of aliphatic carboxylic acids is 1. The van der Waals surface area contributed by atoms with Crippen molar-refractivity contribution >= 4 is 27.8 Å². The quantitative estimate of drug-likeness (QED) is 0.897. The van der Waals surface area contributed by atoms with Crippen LogP contribution in [0.1, 0.15) is 15.9 Å². The molecule has 0 radical (unpaired) electrons. The maximum absolute atomic E-state index is 12.4. The molecule has 1 N–H and O–H groups in total. The molecule has 0 aromatic heterocycles. The predicted molar refractivity (Wildman–Crippen MR) is 72.2 cm³/mol. The first-order valence-electron chi connectivity index (χ1n) is 5.88. The van der Waals surface area contributed by atoms with Gasteiger partial charge in [-0.25, -0.2) is 4.79 Å². The highest BCUT2D eigenvalue weighted by atomic mass is 79.9.